The smallest absolute Gasteiger partial charge is 0.319 e. The Bertz CT molecular complexity index is 1930. The minimum atomic E-state index is -3.67. The summed E-state index contributed by atoms with van der Waals surface area (Å²) in [5.74, 6) is 4.41. The molecule has 2 aromatic rings. The molecule has 0 aromatic heterocycles. The Kier molecular flexibility index (Phi) is 38.9. The van der Waals surface area contributed by atoms with Gasteiger partial charge in [0.05, 0.1) is 12.5 Å². The van der Waals surface area contributed by atoms with Gasteiger partial charge in [-0.25, -0.2) is 4.79 Å². The number of rotatable bonds is 37. The maximum Gasteiger partial charge on any atom is 0.319 e. The molecule has 0 bridgehead atoms. The fraction of sp³-hybridized carbons (Fsp3) is 0.690. The SMILES string of the molecule is CCCCCCCCCC/C=C\C1C(CCCCCCCCCNC(C)=O)C=CC(CCCCC)C1CCCCCCCCNC(=O)Nc1ccc(Oc2ccc(NC)cc2)cc1.CS(=O)(=O)O.CS(=O)(=O)O. The Labute approximate surface area is 444 Å². The van der Waals surface area contributed by atoms with Gasteiger partial charge in [0.15, 0.2) is 0 Å². The van der Waals surface area contributed by atoms with Crippen LogP contribution in [0.5, 0.6) is 11.5 Å². The van der Waals surface area contributed by atoms with Gasteiger partial charge in [0.2, 0.25) is 5.91 Å². The van der Waals surface area contributed by atoms with Gasteiger partial charge in [0.1, 0.15) is 11.5 Å². The van der Waals surface area contributed by atoms with Gasteiger partial charge >= 0.3 is 6.03 Å². The molecule has 0 radical (unpaired) electrons. The first-order chi connectivity index (χ1) is 34.9. The number of carbonyl (C=O) groups excluding carboxylic acids is 2. The van der Waals surface area contributed by atoms with Crippen LogP contribution < -0.4 is 26.0 Å². The highest BCUT2D eigenvalue weighted by Crippen LogP contribution is 2.43. The van der Waals surface area contributed by atoms with Crippen molar-refractivity contribution in [3.8, 4) is 11.5 Å². The molecule has 0 aliphatic heterocycles. The van der Waals surface area contributed by atoms with E-state index in [0.717, 1.165) is 54.6 Å². The van der Waals surface area contributed by atoms with Gasteiger partial charge in [0, 0.05) is 38.4 Å². The third-order valence-corrected chi connectivity index (χ3v) is 13.2. The Morgan fingerprint density at radius 3 is 1.45 bits per heavy atom. The van der Waals surface area contributed by atoms with Gasteiger partial charge in [0.25, 0.3) is 20.2 Å². The number of anilines is 2. The first-order valence-corrected chi connectivity index (χ1v) is 31.7. The van der Waals surface area contributed by atoms with Crippen molar-refractivity contribution in [2.24, 2.45) is 23.7 Å². The maximum absolute atomic E-state index is 12.6. The number of allylic oxidation sites excluding steroid dienone is 4. The number of hydrogen-bond donors (Lipinski definition) is 6. The van der Waals surface area contributed by atoms with E-state index in [2.05, 4.69) is 59.4 Å². The van der Waals surface area contributed by atoms with Crippen LogP contribution in [-0.4, -0.2) is 70.5 Å². The fourth-order valence-corrected chi connectivity index (χ4v) is 9.40. The highest BCUT2D eigenvalue weighted by molar-refractivity contribution is 7.85. The van der Waals surface area contributed by atoms with E-state index in [1.165, 1.54) is 161 Å². The molecule has 1 aliphatic carbocycles. The molecule has 0 heterocycles. The highest BCUT2D eigenvalue weighted by Gasteiger charge is 2.33. The number of urea groups is 1. The van der Waals surface area contributed by atoms with E-state index < -0.39 is 20.2 Å². The summed E-state index contributed by atoms with van der Waals surface area (Å²) in [6.45, 7) is 7.76. The lowest BCUT2D eigenvalue weighted by atomic mass is 9.66. The second-order valence-electron chi connectivity index (χ2n) is 20.0. The van der Waals surface area contributed by atoms with E-state index in [9.17, 15) is 26.4 Å². The molecule has 418 valence electrons. The molecular formula is C58H100N4O9S2. The highest BCUT2D eigenvalue weighted by atomic mass is 32.2. The van der Waals surface area contributed by atoms with Crippen LogP contribution in [-0.2, 0) is 25.0 Å². The molecule has 73 heavy (non-hydrogen) atoms. The zero-order chi connectivity index (χ0) is 54.0. The van der Waals surface area contributed by atoms with Crippen LogP contribution in [0.1, 0.15) is 201 Å². The monoisotopic (exact) mass is 1060 g/mol. The molecule has 4 unspecified atom stereocenters. The number of ether oxygens (including phenoxy) is 1. The van der Waals surface area contributed by atoms with Gasteiger partial charge in [-0.3, -0.25) is 13.9 Å². The largest absolute Gasteiger partial charge is 0.457 e. The molecule has 15 heteroatoms. The third-order valence-electron chi connectivity index (χ3n) is 13.2. The molecule has 13 nitrogen and oxygen atoms in total. The summed E-state index contributed by atoms with van der Waals surface area (Å²) < 4.78 is 57.7. The van der Waals surface area contributed by atoms with Crippen molar-refractivity contribution >= 4 is 43.5 Å². The minimum Gasteiger partial charge on any atom is -0.457 e. The molecule has 0 spiro atoms. The van der Waals surface area contributed by atoms with Crippen LogP contribution in [0.15, 0.2) is 72.8 Å². The minimum absolute atomic E-state index is 0.0850. The van der Waals surface area contributed by atoms with Crippen molar-refractivity contribution in [2.75, 3.05) is 43.3 Å². The predicted molar refractivity (Wildman–Crippen MR) is 306 cm³/mol. The summed E-state index contributed by atoms with van der Waals surface area (Å²) in [4.78, 5) is 23.7. The van der Waals surface area contributed by atoms with Gasteiger partial charge in [-0.05, 0) is 117 Å². The number of nitrogens with one attached hydrogen (secondary N) is 4. The van der Waals surface area contributed by atoms with Crippen LogP contribution in [0.25, 0.3) is 0 Å². The van der Waals surface area contributed by atoms with Crippen molar-refractivity contribution < 1.29 is 40.3 Å². The Morgan fingerprint density at radius 2 is 0.945 bits per heavy atom. The molecule has 0 saturated heterocycles. The van der Waals surface area contributed by atoms with Gasteiger partial charge in [-0.15, -0.1) is 0 Å². The van der Waals surface area contributed by atoms with Crippen LogP contribution in [0.3, 0.4) is 0 Å². The number of carbonyl (C=O) groups is 2. The molecule has 3 amide bonds. The molecule has 4 atom stereocenters. The molecule has 3 rings (SSSR count). The second-order valence-corrected chi connectivity index (χ2v) is 23.0. The molecule has 0 saturated carbocycles. The van der Waals surface area contributed by atoms with Gasteiger partial charge < -0.3 is 26.0 Å². The van der Waals surface area contributed by atoms with E-state index in [1.807, 2.05) is 55.6 Å². The number of hydrogen-bond acceptors (Lipinski definition) is 8. The van der Waals surface area contributed by atoms with Crippen LogP contribution in [0.4, 0.5) is 16.2 Å². The summed E-state index contributed by atoms with van der Waals surface area (Å²) in [5.41, 5.74) is 1.78. The summed E-state index contributed by atoms with van der Waals surface area (Å²) in [6.07, 6.45) is 48.6. The van der Waals surface area contributed by atoms with E-state index >= 15 is 0 Å². The van der Waals surface area contributed by atoms with Crippen molar-refractivity contribution in [1.29, 1.82) is 0 Å². The van der Waals surface area contributed by atoms with Gasteiger partial charge in [-0.1, -0.05) is 173 Å². The van der Waals surface area contributed by atoms with E-state index in [1.54, 1.807) is 6.92 Å². The van der Waals surface area contributed by atoms with Crippen molar-refractivity contribution in [1.82, 2.24) is 10.6 Å². The number of amides is 3. The topological polar surface area (TPSA) is 200 Å². The summed E-state index contributed by atoms with van der Waals surface area (Å²) in [6, 6.07) is 15.1. The van der Waals surface area contributed by atoms with E-state index in [-0.39, 0.29) is 11.9 Å². The van der Waals surface area contributed by atoms with Crippen LogP contribution >= 0.6 is 0 Å². The second kappa shape index (κ2) is 42.3. The lowest BCUT2D eigenvalue weighted by molar-refractivity contribution is -0.118. The van der Waals surface area contributed by atoms with E-state index in [0.29, 0.717) is 36.8 Å². The fourth-order valence-electron chi connectivity index (χ4n) is 9.40. The normalized spacial score (nSPS) is 16.4. The average Bonchev–Trinajstić information content (AvgIpc) is 3.32. The summed E-state index contributed by atoms with van der Waals surface area (Å²) >= 11 is 0. The Morgan fingerprint density at radius 1 is 0.548 bits per heavy atom. The molecule has 6 N–H and O–H groups in total. The zero-order valence-electron chi connectivity index (χ0n) is 46.0. The Balaban J connectivity index is 0.00000242. The van der Waals surface area contributed by atoms with Crippen LogP contribution in [0, 0.1) is 23.7 Å². The molecule has 2 aromatic carbocycles. The quantitative estimate of drug-likeness (QED) is 0.0215. The Hall–Kier alpha value is -3.92. The zero-order valence-corrected chi connectivity index (χ0v) is 47.7. The molecule has 1 aliphatic rings. The van der Waals surface area contributed by atoms with Gasteiger partial charge in [-0.2, -0.15) is 16.8 Å². The van der Waals surface area contributed by atoms with Crippen molar-refractivity contribution in [3.63, 3.8) is 0 Å². The summed E-state index contributed by atoms with van der Waals surface area (Å²) in [7, 11) is -5.44. The third kappa shape index (κ3) is 41.1. The number of unbranched alkanes of at least 4 members (excludes halogenated alkanes) is 21. The van der Waals surface area contributed by atoms with Crippen molar-refractivity contribution in [3.05, 3.63) is 72.8 Å². The summed E-state index contributed by atoms with van der Waals surface area (Å²) in [5, 5.41) is 12.0. The molecule has 0 fully saturated rings. The van der Waals surface area contributed by atoms with Crippen LogP contribution in [0.2, 0.25) is 0 Å². The first kappa shape index (κ1) is 67.1. The first-order valence-electron chi connectivity index (χ1n) is 28.0. The predicted octanol–water partition coefficient (Wildman–Crippen LogP) is 15.3. The standard InChI is InChI=1S/C56H92N4O3.2CH4O3S/c1-5-7-9-10-11-12-13-16-21-27-34-55-49(32-26-20-15-14-18-23-29-45-58-47(3)61)36-35-48(31-25-8-6-2)54(55)33-28-22-17-19-24-30-46-59-56(62)60-51-39-43-53(44-40-51)63-52-41-37-50(57-4)38-42-52;2*1-5(2,3)4/h27,34-44,48-49,54-55,57H,5-26,28-33,45-46H2,1-4H3,(H,58,61)(H2,59,60,62);2*1H3,(H,2,3,4)/b34-27-;;. The van der Waals surface area contributed by atoms with Crippen molar-refractivity contribution in [2.45, 2.75) is 201 Å². The maximum atomic E-state index is 12.6. The number of benzene rings is 2. The molecular weight excluding hydrogens is 961 g/mol. The lowest BCUT2D eigenvalue weighted by Crippen LogP contribution is -2.30. The average molecular weight is 1060 g/mol. The van der Waals surface area contributed by atoms with E-state index in [4.69, 9.17) is 13.8 Å². The lowest BCUT2D eigenvalue weighted by Gasteiger charge is -2.39.